The highest BCUT2D eigenvalue weighted by Gasteiger charge is 2.24. The molecule has 1 N–H and O–H groups in total. The van der Waals surface area contributed by atoms with Crippen LogP contribution in [-0.2, 0) is 0 Å². The van der Waals surface area contributed by atoms with Crippen molar-refractivity contribution in [2.24, 2.45) is 17.8 Å². The molecule has 0 aromatic carbocycles. The van der Waals surface area contributed by atoms with Crippen LogP contribution in [0.1, 0.15) is 46.5 Å². The Kier molecular flexibility index (Phi) is 3.30. The summed E-state index contributed by atoms with van der Waals surface area (Å²) in [6, 6.07) is 0. The summed E-state index contributed by atoms with van der Waals surface area (Å²) in [6.07, 6.45) is 5.24. The fourth-order valence-electron chi connectivity index (χ4n) is 1.97. The van der Waals surface area contributed by atoms with Crippen LogP contribution in [0, 0.1) is 23.2 Å². The first kappa shape index (κ1) is 9.76. The molecule has 0 radical (unpaired) electrons. The molecule has 12 heavy (non-hydrogen) atoms. The molecule has 1 nitrogen and oxygen atoms in total. The smallest absolute Gasteiger partial charge is 0.0151 e. The molecular weight excluding hydrogens is 146 g/mol. The van der Waals surface area contributed by atoms with Crippen LogP contribution in [0.3, 0.4) is 0 Å². The number of nitrogens with one attached hydrogen (secondary N) is 1. The Bertz CT molecular complexity index is 150. The van der Waals surface area contributed by atoms with Crippen molar-refractivity contribution in [3.63, 3.8) is 0 Å². The molecule has 1 unspecified atom stereocenters. The molecule has 0 aromatic rings. The van der Waals surface area contributed by atoms with Crippen LogP contribution >= 0.6 is 0 Å². The Balaban J connectivity index is 2.45. The van der Waals surface area contributed by atoms with Gasteiger partial charge in [-0.1, -0.05) is 33.6 Å². The molecule has 0 amide bonds. The van der Waals surface area contributed by atoms with E-state index in [4.69, 9.17) is 5.41 Å². The Labute approximate surface area is 76.1 Å². The average Bonchev–Trinajstić information content (AvgIpc) is 2.53. The van der Waals surface area contributed by atoms with Gasteiger partial charge in [0.25, 0.3) is 0 Å². The van der Waals surface area contributed by atoms with Gasteiger partial charge in [-0.05, 0) is 30.6 Å². The van der Waals surface area contributed by atoms with Crippen molar-refractivity contribution in [2.45, 2.75) is 46.5 Å². The van der Waals surface area contributed by atoms with Crippen molar-refractivity contribution in [1.82, 2.24) is 0 Å². The standard InChI is InChI=1S/C11H21N/c1-8(2)9(3)11(12)10-6-4-5-7-10/h8-10,12H,4-7H2,1-3H3. The highest BCUT2D eigenvalue weighted by molar-refractivity contribution is 5.86. The largest absolute Gasteiger partial charge is 0.309 e. The van der Waals surface area contributed by atoms with E-state index >= 15 is 0 Å². The van der Waals surface area contributed by atoms with E-state index in [1.54, 1.807) is 0 Å². The molecule has 0 heterocycles. The van der Waals surface area contributed by atoms with Crippen molar-refractivity contribution in [3.8, 4) is 0 Å². The summed E-state index contributed by atoms with van der Waals surface area (Å²) in [5, 5.41) is 8.02. The van der Waals surface area contributed by atoms with E-state index in [0.717, 1.165) is 5.71 Å². The summed E-state index contributed by atoms with van der Waals surface area (Å²) in [4.78, 5) is 0. The minimum atomic E-state index is 0.494. The Morgan fingerprint density at radius 3 is 2.08 bits per heavy atom. The molecular formula is C11H21N. The van der Waals surface area contributed by atoms with Crippen molar-refractivity contribution in [1.29, 1.82) is 5.41 Å². The second kappa shape index (κ2) is 4.06. The summed E-state index contributed by atoms with van der Waals surface area (Å²) < 4.78 is 0. The molecule has 1 aliphatic carbocycles. The van der Waals surface area contributed by atoms with Gasteiger partial charge >= 0.3 is 0 Å². The second-order valence-electron chi connectivity index (χ2n) is 4.47. The van der Waals surface area contributed by atoms with Crippen molar-refractivity contribution in [3.05, 3.63) is 0 Å². The van der Waals surface area contributed by atoms with Gasteiger partial charge in [0.2, 0.25) is 0 Å². The number of hydrogen-bond acceptors (Lipinski definition) is 1. The highest BCUT2D eigenvalue weighted by atomic mass is 14.5. The Hall–Kier alpha value is -0.330. The van der Waals surface area contributed by atoms with Gasteiger partial charge in [0.05, 0.1) is 0 Å². The molecule has 1 atom stereocenters. The van der Waals surface area contributed by atoms with E-state index in [9.17, 15) is 0 Å². The maximum atomic E-state index is 8.02. The molecule has 1 saturated carbocycles. The maximum Gasteiger partial charge on any atom is 0.0151 e. The number of hydrogen-bond donors (Lipinski definition) is 1. The third kappa shape index (κ3) is 2.09. The van der Waals surface area contributed by atoms with Gasteiger partial charge in [0.1, 0.15) is 0 Å². The van der Waals surface area contributed by atoms with Crippen molar-refractivity contribution in [2.75, 3.05) is 0 Å². The quantitative estimate of drug-likeness (QED) is 0.622. The van der Waals surface area contributed by atoms with Crippen LogP contribution in [0.25, 0.3) is 0 Å². The summed E-state index contributed by atoms with van der Waals surface area (Å²) in [5.74, 6) is 1.76. The predicted octanol–water partition coefficient (Wildman–Crippen LogP) is 3.49. The van der Waals surface area contributed by atoms with E-state index < -0.39 is 0 Å². The third-order valence-corrected chi connectivity index (χ3v) is 3.29. The lowest BCUT2D eigenvalue weighted by Crippen LogP contribution is -2.22. The molecule has 1 fully saturated rings. The molecule has 0 aromatic heterocycles. The van der Waals surface area contributed by atoms with Gasteiger partial charge in [-0.25, -0.2) is 0 Å². The van der Waals surface area contributed by atoms with E-state index in [2.05, 4.69) is 20.8 Å². The first-order valence-electron chi connectivity index (χ1n) is 5.21. The molecule has 0 aliphatic heterocycles. The SMILES string of the molecule is CC(C)C(C)C(=N)C1CCCC1. The van der Waals surface area contributed by atoms with Crippen LogP contribution in [-0.4, -0.2) is 5.71 Å². The summed E-state index contributed by atoms with van der Waals surface area (Å²) in [6.45, 7) is 6.63. The van der Waals surface area contributed by atoms with Crippen molar-refractivity contribution < 1.29 is 0 Å². The first-order valence-corrected chi connectivity index (χ1v) is 5.21. The monoisotopic (exact) mass is 167 g/mol. The van der Waals surface area contributed by atoms with E-state index in [-0.39, 0.29) is 0 Å². The van der Waals surface area contributed by atoms with E-state index in [0.29, 0.717) is 17.8 Å². The normalized spacial score (nSPS) is 21.7. The molecule has 1 rings (SSSR count). The lowest BCUT2D eigenvalue weighted by molar-refractivity contribution is 0.501. The van der Waals surface area contributed by atoms with Gasteiger partial charge in [-0.3, -0.25) is 0 Å². The van der Waals surface area contributed by atoms with Crippen LogP contribution < -0.4 is 0 Å². The van der Waals surface area contributed by atoms with Gasteiger partial charge in [0, 0.05) is 5.71 Å². The molecule has 0 bridgehead atoms. The predicted molar refractivity (Wildman–Crippen MR) is 53.7 cm³/mol. The molecule has 1 heteroatoms. The zero-order valence-electron chi connectivity index (χ0n) is 8.56. The van der Waals surface area contributed by atoms with Gasteiger partial charge < -0.3 is 5.41 Å². The van der Waals surface area contributed by atoms with Gasteiger partial charge in [-0.2, -0.15) is 0 Å². The van der Waals surface area contributed by atoms with Gasteiger partial charge in [-0.15, -0.1) is 0 Å². The lowest BCUT2D eigenvalue weighted by atomic mass is 9.85. The summed E-state index contributed by atoms with van der Waals surface area (Å²) >= 11 is 0. The fraction of sp³-hybridized carbons (Fsp3) is 0.909. The van der Waals surface area contributed by atoms with Crippen molar-refractivity contribution >= 4 is 5.71 Å². The molecule has 0 saturated heterocycles. The first-order chi connectivity index (χ1) is 5.63. The fourth-order valence-corrected chi connectivity index (χ4v) is 1.97. The Morgan fingerprint density at radius 2 is 1.67 bits per heavy atom. The summed E-state index contributed by atoms with van der Waals surface area (Å²) in [5.41, 5.74) is 1.02. The minimum absolute atomic E-state index is 0.494. The second-order valence-corrected chi connectivity index (χ2v) is 4.47. The minimum Gasteiger partial charge on any atom is -0.309 e. The third-order valence-electron chi connectivity index (χ3n) is 3.29. The molecule has 70 valence electrons. The van der Waals surface area contributed by atoms with Crippen LogP contribution in [0.2, 0.25) is 0 Å². The van der Waals surface area contributed by atoms with E-state index in [1.807, 2.05) is 0 Å². The topological polar surface area (TPSA) is 23.9 Å². The van der Waals surface area contributed by atoms with E-state index in [1.165, 1.54) is 25.7 Å². The van der Waals surface area contributed by atoms with Crippen LogP contribution in [0.4, 0.5) is 0 Å². The Morgan fingerprint density at radius 1 is 1.17 bits per heavy atom. The zero-order chi connectivity index (χ0) is 9.14. The average molecular weight is 167 g/mol. The van der Waals surface area contributed by atoms with Crippen LogP contribution in [0.5, 0.6) is 0 Å². The summed E-state index contributed by atoms with van der Waals surface area (Å²) in [7, 11) is 0. The molecule has 1 aliphatic rings. The van der Waals surface area contributed by atoms with Gasteiger partial charge in [0.15, 0.2) is 0 Å². The lowest BCUT2D eigenvalue weighted by Gasteiger charge is -2.21. The molecule has 0 spiro atoms. The zero-order valence-corrected chi connectivity index (χ0v) is 8.56. The number of rotatable bonds is 3. The van der Waals surface area contributed by atoms with Crippen LogP contribution in [0.15, 0.2) is 0 Å². The highest BCUT2D eigenvalue weighted by Crippen LogP contribution is 2.29. The maximum absolute atomic E-state index is 8.02.